The van der Waals surface area contributed by atoms with Crippen LogP contribution in [0.2, 0.25) is 0 Å². The molecule has 1 unspecified atom stereocenters. The van der Waals surface area contributed by atoms with Gasteiger partial charge in [-0.05, 0) is 86.0 Å². The van der Waals surface area contributed by atoms with Gasteiger partial charge < -0.3 is 5.11 Å². The van der Waals surface area contributed by atoms with Gasteiger partial charge in [0.25, 0.3) is 0 Å². The third-order valence-corrected chi connectivity index (χ3v) is 7.39. The van der Waals surface area contributed by atoms with Crippen molar-refractivity contribution in [1.29, 1.82) is 0 Å². The molecule has 0 aliphatic heterocycles. The van der Waals surface area contributed by atoms with Crippen LogP contribution in [-0.2, 0) is 0 Å². The number of phenolic OH excluding ortho intramolecular Hbond substituents is 1. The first-order valence-electron chi connectivity index (χ1n) is 8.03. The number of Topliss-reactive ketones (excluding diaryl/α,β-unsaturated/α-hetero) is 1. The molecule has 4 fully saturated rings. The average molecular weight is 349 g/mol. The zero-order chi connectivity index (χ0) is 14.6. The second-order valence-corrected chi connectivity index (χ2v) is 8.47. The van der Waals surface area contributed by atoms with Gasteiger partial charge in [0.05, 0.1) is 4.83 Å². The van der Waals surface area contributed by atoms with E-state index in [4.69, 9.17) is 0 Å². The molecule has 1 N–H and O–H groups in total. The molecule has 112 valence electrons. The highest BCUT2D eigenvalue weighted by atomic mass is 79.9. The molecule has 5 rings (SSSR count). The Labute approximate surface area is 134 Å². The summed E-state index contributed by atoms with van der Waals surface area (Å²) in [6.45, 7) is 0. The van der Waals surface area contributed by atoms with E-state index in [1.165, 1.54) is 38.5 Å². The highest BCUT2D eigenvalue weighted by molar-refractivity contribution is 9.10. The van der Waals surface area contributed by atoms with Crippen LogP contribution in [0.15, 0.2) is 24.3 Å². The summed E-state index contributed by atoms with van der Waals surface area (Å²) in [5.74, 6) is 2.96. The minimum absolute atomic E-state index is 0.0667. The van der Waals surface area contributed by atoms with Gasteiger partial charge in [0.1, 0.15) is 5.75 Å². The van der Waals surface area contributed by atoms with Gasteiger partial charge in [0, 0.05) is 5.56 Å². The van der Waals surface area contributed by atoms with Crippen molar-refractivity contribution in [1.82, 2.24) is 0 Å². The number of alkyl halides is 1. The van der Waals surface area contributed by atoms with Crippen LogP contribution in [0, 0.1) is 23.2 Å². The lowest BCUT2D eigenvalue weighted by atomic mass is 9.48. The Morgan fingerprint density at radius 1 is 1.05 bits per heavy atom. The second kappa shape index (κ2) is 4.84. The highest BCUT2D eigenvalue weighted by Gasteiger charge is 2.55. The predicted octanol–water partition coefficient (Wildman–Crippen LogP) is 4.55. The maximum Gasteiger partial charge on any atom is 0.177 e. The largest absolute Gasteiger partial charge is 0.508 e. The zero-order valence-electron chi connectivity index (χ0n) is 12.1. The first-order valence-corrected chi connectivity index (χ1v) is 8.95. The minimum Gasteiger partial charge on any atom is -0.508 e. The fourth-order valence-corrected chi connectivity index (χ4v) is 6.36. The van der Waals surface area contributed by atoms with E-state index in [-0.39, 0.29) is 21.8 Å². The van der Waals surface area contributed by atoms with Gasteiger partial charge in [-0.1, -0.05) is 15.9 Å². The second-order valence-electron chi connectivity index (χ2n) is 7.55. The summed E-state index contributed by atoms with van der Waals surface area (Å²) in [4.78, 5) is 12.8. The number of halogens is 1. The molecule has 0 heterocycles. The van der Waals surface area contributed by atoms with Crippen LogP contribution >= 0.6 is 15.9 Å². The van der Waals surface area contributed by atoms with Crippen molar-refractivity contribution in [3.63, 3.8) is 0 Å². The van der Waals surface area contributed by atoms with Crippen LogP contribution in [0.5, 0.6) is 5.75 Å². The van der Waals surface area contributed by atoms with Crippen LogP contribution in [0.3, 0.4) is 0 Å². The van der Waals surface area contributed by atoms with Crippen LogP contribution < -0.4 is 0 Å². The van der Waals surface area contributed by atoms with E-state index < -0.39 is 0 Å². The summed E-state index contributed by atoms with van der Waals surface area (Å²) in [5, 5.41) is 9.38. The van der Waals surface area contributed by atoms with Crippen LogP contribution in [-0.4, -0.2) is 15.7 Å². The van der Waals surface area contributed by atoms with Gasteiger partial charge in [0.15, 0.2) is 5.78 Å². The van der Waals surface area contributed by atoms with Gasteiger partial charge >= 0.3 is 0 Å². The maximum atomic E-state index is 12.8. The summed E-state index contributed by atoms with van der Waals surface area (Å²) >= 11 is 3.77. The van der Waals surface area contributed by atoms with Crippen LogP contribution in [0.4, 0.5) is 0 Å². The van der Waals surface area contributed by atoms with Gasteiger partial charge in [-0.3, -0.25) is 4.79 Å². The quantitative estimate of drug-likeness (QED) is 0.642. The SMILES string of the molecule is O=C(c1ccc(O)cc1)C(Br)C12CC3CC(CC(C3)C1)C2. The molecule has 0 spiro atoms. The van der Waals surface area contributed by atoms with Gasteiger partial charge in [-0.25, -0.2) is 0 Å². The molecule has 4 aliphatic carbocycles. The third kappa shape index (κ3) is 2.25. The minimum atomic E-state index is -0.0667. The number of rotatable bonds is 3. The molecule has 4 saturated carbocycles. The molecule has 4 aliphatic rings. The Kier molecular flexibility index (Phi) is 3.18. The van der Waals surface area contributed by atoms with E-state index >= 15 is 0 Å². The van der Waals surface area contributed by atoms with E-state index in [2.05, 4.69) is 15.9 Å². The molecule has 2 nitrogen and oxygen atoms in total. The Balaban J connectivity index is 1.60. The number of carbonyl (C=O) groups is 1. The molecule has 1 aromatic rings. The van der Waals surface area contributed by atoms with Crippen molar-refractivity contribution in [2.24, 2.45) is 23.2 Å². The van der Waals surface area contributed by atoms with Gasteiger partial charge in [-0.2, -0.15) is 0 Å². The summed E-state index contributed by atoms with van der Waals surface area (Å²) in [6.07, 6.45) is 7.85. The number of phenols is 1. The van der Waals surface area contributed by atoms with E-state index in [0.717, 1.165) is 17.8 Å². The number of ketones is 1. The fourth-order valence-electron chi connectivity index (χ4n) is 5.54. The lowest BCUT2D eigenvalue weighted by Crippen LogP contribution is -2.52. The number of benzene rings is 1. The molecule has 1 aromatic carbocycles. The topological polar surface area (TPSA) is 37.3 Å². The average Bonchev–Trinajstić information content (AvgIpc) is 2.45. The van der Waals surface area contributed by atoms with Gasteiger partial charge in [0.2, 0.25) is 0 Å². The fraction of sp³-hybridized carbons (Fsp3) is 0.611. The van der Waals surface area contributed by atoms with E-state index in [1.54, 1.807) is 24.3 Å². The van der Waals surface area contributed by atoms with Crippen LogP contribution in [0.1, 0.15) is 48.9 Å². The Morgan fingerprint density at radius 2 is 1.52 bits per heavy atom. The van der Waals surface area contributed by atoms with Crippen molar-refractivity contribution in [3.8, 4) is 5.75 Å². The van der Waals surface area contributed by atoms with Crippen molar-refractivity contribution < 1.29 is 9.90 Å². The summed E-state index contributed by atoms with van der Waals surface area (Å²) in [5.41, 5.74) is 0.898. The lowest BCUT2D eigenvalue weighted by Gasteiger charge is -2.58. The molecule has 3 heteroatoms. The Morgan fingerprint density at radius 3 is 2.00 bits per heavy atom. The zero-order valence-corrected chi connectivity index (χ0v) is 13.7. The van der Waals surface area contributed by atoms with Crippen molar-refractivity contribution in [2.75, 3.05) is 0 Å². The standard InChI is InChI=1S/C18H21BrO2/c19-17(16(21)14-1-3-15(20)4-2-14)18-8-11-5-12(9-18)7-13(6-11)10-18/h1-4,11-13,17,20H,5-10H2. The van der Waals surface area contributed by atoms with Crippen molar-refractivity contribution in [3.05, 3.63) is 29.8 Å². The first kappa shape index (κ1) is 13.8. The maximum absolute atomic E-state index is 12.8. The monoisotopic (exact) mass is 348 g/mol. The smallest absolute Gasteiger partial charge is 0.177 e. The Bertz CT molecular complexity index is 528. The van der Waals surface area contributed by atoms with Crippen molar-refractivity contribution in [2.45, 2.75) is 43.4 Å². The number of carbonyl (C=O) groups excluding carboxylic acids is 1. The van der Waals surface area contributed by atoms with Crippen molar-refractivity contribution >= 4 is 21.7 Å². The van der Waals surface area contributed by atoms with Gasteiger partial charge in [-0.15, -0.1) is 0 Å². The van der Waals surface area contributed by atoms with E-state index in [9.17, 15) is 9.90 Å². The summed E-state index contributed by atoms with van der Waals surface area (Å²) in [7, 11) is 0. The highest BCUT2D eigenvalue weighted by Crippen LogP contribution is 2.62. The number of aromatic hydroxyl groups is 1. The first-order chi connectivity index (χ1) is 10.1. The molecule has 0 radical (unpaired) electrons. The molecule has 0 aromatic heterocycles. The molecule has 4 bridgehead atoms. The van der Waals surface area contributed by atoms with Crippen LogP contribution in [0.25, 0.3) is 0 Å². The summed E-state index contributed by atoms with van der Waals surface area (Å²) in [6, 6.07) is 6.69. The molecule has 0 amide bonds. The van der Waals surface area contributed by atoms with E-state index in [0.29, 0.717) is 5.56 Å². The third-order valence-electron chi connectivity index (χ3n) is 6.01. The normalized spacial score (nSPS) is 38.4. The molecule has 21 heavy (non-hydrogen) atoms. The molecule has 1 atom stereocenters. The lowest BCUT2D eigenvalue weighted by molar-refractivity contribution is -0.0482. The molecular weight excluding hydrogens is 328 g/mol. The molecular formula is C18H21BrO2. The van der Waals surface area contributed by atoms with E-state index in [1.807, 2.05) is 0 Å². The number of hydrogen-bond donors (Lipinski definition) is 1. The Hall–Kier alpha value is -0.830. The predicted molar refractivity (Wildman–Crippen MR) is 85.8 cm³/mol. The number of hydrogen-bond acceptors (Lipinski definition) is 2. The summed E-state index contributed by atoms with van der Waals surface area (Å²) < 4.78 is 0. The molecule has 0 saturated heterocycles.